The zero-order valence-electron chi connectivity index (χ0n) is 14.2. The van der Waals surface area contributed by atoms with E-state index in [1.165, 1.54) is 0 Å². The molecule has 128 valence electrons. The highest BCUT2D eigenvalue weighted by atomic mass is 16.1. The van der Waals surface area contributed by atoms with Gasteiger partial charge in [-0.25, -0.2) is 4.98 Å². The van der Waals surface area contributed by atoms with E-state index in [1.807, 2.05) is 41.0 Å². The number of piperidine rings is 1. The number of benzene rings is 1. The van der Waals surface area contributed by atoms with Crippen LogP contribution in [0.15, 0.2) is 53.6 Å². The molecule has 4 rings (SSSR count). The molecule has 1 aromatic carbocycles. The fraction of sp³-hybridized carbons (Fsp3) is 0.316. The lowest BCUT2D eigenvalue weighted by Crippen LogP contribution is -2.38. The van der Waals surface area contributed by atoms with E-state index in [0.29, 0.717) is 16.9 Å². The molecule has 0 aliphatic carbocycles. The van der Waals surface area contributed by atoms with E-state index >= 15 is 0 Å². The van der Waals surface area contributed by atoms with Gasteiger partial charge in [-0.15, -0.1) is 0 Å². The van der Waals surface area contributed by atoms with Crippen LogP contribution in [0.3, 0.4) is 0 Å². The molecule has 3 aromatic rings. The van der Waals surface area contributed by atoms with Crippen molar-refractivity contribution < 1.29 is 0 Å². The van der Waals surface area contributed by atoms with Crippen LogP contribution in [-0.2, 0) is 0 Å². The minimum atomic E-state index is 0.0114. The van der Waals surface area contributed by atoms with Crippen LogP contribution in [0.2, 0.25) is 0 Å². The molecule has 1 fully saturated rings. The standard InChI is InChI=1S/C19H21N5O/c1-23-11-5-7-15(13-23)24-18(25)16-8-2-3-9-17(16)22-19(24)21-14-6-4-10-20-12-14/h2-4,6,8-10,12,15H,5,7,11,13H2,1H3,(H,21,22). The molecule has 1 N–H and O–H groups in total. The maximum atomic E-state index is 13.2. The van der Waals surface area contributed by atoms with Crippen LogP contribution in [0.1, 0.15) is 18.9 Å². The van der Waals surface area contributed by atoms with E-state index in [9.17, 15) is 4.79 Å². The van der Waals surface area contributed by atoms with Crippen LogP contribution >= 0.6 is 0 Å². The molecule has 0 bridgehead atoms. The fourth-order valence-electron chi connectivity index (χ4n) is 3.49. The van der Waals surface area contributed by atoms with Crippen LogP contribution in [0.4, 0.5) is 11.6 Å². The van der Waals surface area contributed by atoms with Gasteiger partial charge in [0.2, 0.25) is 5.95 Å². The highest BCUT2D eigenvalue weighted by molar-refractivity contribution is 5.79. The third kappa shape index (κ3) is 3.13. The molecule has 0 saturated carbocycles. The molecule has 25 heavy (non-hydrogen) atoms. The second-order valence-corrected chi connectivity index (χ2v) is 6.55. The second-order valence-electron chi connectivity index (χ2n) is 6.55. The van der Waals surface area contributed by atoms with Crippen LogP contribution in [0.25, 0.3) is 10.9 Å². The van der Waals surface area contributed by atoms with Gasteiger partial charge in [-0.05, 0) is 50.7 Å². The first-order valence-electron chi connectivity index (χ1n) is 8.59. The molecule has 0 amide bonds. The molecule has 1 atom stereocenters. The van der Waals surface area contributed by atoms with Crippen molar-refractivity contribution in [2.45, 2.75) is 18.9 Å². The normalized spacial score (nSPS) is 18.4. The highest BCUT2D eigenvalue weighted by Crippen LogP contribution is 2.25. The largest absolute Gasteiger partial charge is 0.324 e. The average Bonchev–Trinajstić information content (AvgIpc) is 2.63. The van der Waals surface area contributed by atoms with E-state index in [0.717, 1.165) is 31.6 Å². The third-order valence-electron chi connectivity index (χ3n) is 4.69. The summed E-state index contributed by atoms with van der Waals surface area (Å²) in [5, 5.41) is 3.95. The van der Waals surface area contributed by atoms with Gasteiger partial charge in [-0.3, -0.25) is 14.3 Å². The van der Waals surface area contributed by atoms with Crippen LogP contribution in [0, 0.1) is 0 Å². The Kier molecular flexibility index (Phi) is 4.19. The van der Waals surface area contributed by atoms with Crippen molar-refractivity contribution in [2.75, 3.05) is 25.5 Å². The van der Waals surface area contributed by atoms with E-state index in [1.54, 1.807) is 12.4 Å². The predicted octanol–water partition coefficient (Wildman–Crippen LogP) is 2.80. The number of hydrogen-bond donors (Lipinski definition) is 1. The third-order valence-corrected chi connectivity index (χ3v) is 4.69. The van der Waals surface area contributed by atoms with E-state index in [4.69, 9.17) is 4.98 Å². The number of rotatable bonds is 3. The first kappa shape index (κ1) is 15.8. The first-order chi connectivity index (χ1) is 12.2. The number of likely N-dealkylation sites (tertiary alicyclic amines) is 1. The summed E-state index contributed by atoms with van der Waals surface area (Å²) in [7, 11) is 2.10. The SMILES string of the molecule is CN1CCCC(n2c(Nc3cccnc3)nc3ccccc3c2=O)C1. The zero-order chi connectivity index (χ0) is 17.2. The topological polar surface area (TPSA) is 63.1 Å². The average molecular weight is 335 g/mol. The lowest BCUT2D eigenvalue weighted by atomic mass is 10.1. The maximum Gasteiger partial charge on any atom is 0.263 e. The maximum absolute atomic E-state index is 13.2. The molecule has 6 nitrogen and oxygen atoms in total. The summed E-state index contributed by atoms with van der Waals surface area (Å²) in [6, 6.07) is 11.4. The Morgan fingerprint density at radius 1 is 1.20 bits per heavy atom. The van der Waals surface area contributed by atoms with Gasteiger partial charge in [0.05, 0.1) is 28.8 Å². The van der Waals surface area contributed by atoms with Crippen molar-refractivity contribution in [3.8, 4) is 0 Å². The molecular formula is C19H21N5O. The Labute approximate surface area is 146 Å². The number of aromatic nitrogens is 3. The summed E-state index contributed by atoms with van der Waals surface area (Å²) >= 11 is 0. The van der Waals surface area contributed by atoms with Crippen molar-refractivity contribution in [3.05, 3.63) is 59.1 Å². The van der Waals surface area contributed by atoms with Crippen LogP contribution < -0.4 is 10.9 Å². The Morgan fingerprint density at radius 3 is 2.88 bits per heavy atom. The molecule has 1 aliphatic rings. The highest BCUT2D eigenvalue weighted by Gasteiger charge is 2.24. The van der Waals surface area contributed by atoms with Crippen molar-refractivity contribution >= 4 is 22.5 Å². The number of nitrogens with zero attached hydrogens (tertiary/aromatic N) is 4. The number of pyridine rings is 1. The number of anilines is 2. The van der Waals surface area contributed by atoms with Gasteiger partial charge >= 0.3 is 0 Å². The number of para-hydroxylation sites is 1. The smallest absolute Gasteiger partial charge is 0.263 e. The minimum absolute atomic E-state index is 0.0114. The van der Waals surface area contributed by atoms with E-state index < -0.39 is 0 Å². The van der Waals surface area contributed by atoms with Crippen molar-refractivity contribution in [3.63, 3.8) is 0 Å². The molecule has 6 heteroatoms. The Bertz CT molecular complexity index is 937. The Balaban J connectivity index is 1.86. The van der Waals surface area contributed by atoms with Crippen LogP contribution in [-0.4, -0.2) is 39.6 Å². The molecule has 1 saturated heterocycles. The van der Waals surface area contributed by atoms with Crippen molar-refractivity contribution in [1.82, 2.24) is 19.4 Å². The number of fused-ring (bicyclic) bond motifs is 1. The predicted molar refractivity (Wildman–Crippen MR) is 99.3 cm³/mol. The van der Waals surface area contributed by atoms with Gasteiger partial charge in [-0.2, -0.15) is 0 Å². The molecule has 0 radical (unpaired) electrons. The molecule has 2 aromatic heterocycles. The molecular weight excluding hydrogens is 314 g/mol. The number of nitrogens with one attached hydrogen (secondary N) is 1. The first-order valence-corrected chi connectivity index (χ1v) is 8.59. The summed E-state index contributed by atoms with van der Waals surface area (Å²) in [5.41, 5.74) is 1.54. The number of likely N-dealkylation sites (N-methyl/N-ethyl adjacent to an activating group) is 1. The molecule has 3 heterocycles. The molecule has 1 unspecified atom stereocenters. The second kappa shape index (κ2) is 6.64. The Hall–Kier alpha value is -2.73. The van der Waals surface area contributed by atoms with Gasteiger partial charge in [0.15, 0.2) is 0 Å². The van der Waals surface area contributed by atoms with Gasteiger partial charge in [0.25, 0.3) is 5.56 Å². The summed E-state index contributed by atoms with van der Waals surface area (Å²) in [6.45, 7) is 1.92. The van der Waals surface area contributed by atoms with Crippen LogP contribution in [0.5, 0.6) is 0 Å². The van der Waals surface area contributed by atoms with Gasteiger partial charge in [0.1, 0.15) is 0 Å². The number of hydrogen-bond acceptors (Lipinski definition) is 5. The van der Waals surface area contributed by atoms with E-state index in [-0.39, 0.29) is 11.6 Å². The quantitative estimate of drug-likeness (QED) is 0.797. The Morgan fingerprint density at radius 2 is 2.08 bits per heavy atom. The van der Waals surface area contributed by atoms with Crippen molar-refractivity contribution in [2.24, 2.45) is 0 Å². The van der Waals surface area contributed by atoms with Crippen molar-refractivity contribution in [1.29, 1.82) is 0 Å². The van der Waals surface area contributed by atoms with E-state index in [2.05, 4.69) is 22.2 Å². The minimum Gasteiger partial charge on any atom is -0.324 e. The van der Waals surface area contributed by atoms with Gasteiger partial charge in [0, 0.05) is 12.7 Å². The molecule has 1 aliphatic heterocycles. The summed E-state index contributed by atoms with van der Waals surface area (Å²) in [4.78, 5) is 24.3. The van der Waals surface area contributed by atoms with Gasteiger partial charge < -0.3 is 10.2 Å². The summed E-state index contributed by atoms with van der Waals surface area (Å²) in [6.07, 6.45) is 5.51. The summed E-state index contributed by atoms with van der Waals surface area (Å²) in [5.74, 6) is 0.581. The monoisotopic (exact) mass is 335 g/mol. The summed E-state index contributed by atoms with van der Waals surface area (Å²) < 4.78 is 1.82. The van der Waals surface area contributed by atoms with Gasteiger partial charge in [-0.1, -0.05) is 12.1 Å². The zero-order valence-corrected chi connectivity index (χ0v) is 14.2. The molecule has 0 spiro atoms. The lowest BCUT2D eigenvalue weighted by molar-refractivity contribution is 0.210. The lowest BCUT2D eigenvalue weighted by Gasteiger charge is -2.32. The fourth-order valence-corrected chi connectivity index (χ4v) is 3.49.